The van der Waals surface area contributed by atoms with Crippen LogP contribution in [0, 0.1) is 5.92 Å². The second kappa shape index (κ2) is 5.33. The molecule has 2 heterocycles. The first-order valence-corrected chi connectivity index (χ1v) is 8.00. The van der Waals surface area contributed by atoms with E-state index in [1.54, 1.807) is 4.90 Å². The van der Waals surface area contributed by atoms with Gasteiger partial charge in [0.25, 0.3) is 5.91 Å². The van der Waals surface area contributed by atoms with Crippen LogP contribution in [0.25, 0.3) is 0 Å². The molecule has 1 aromatic rings. The Hall–Kier alpha value is -1.14. The van der Waals surface area contributed by atoms with Crippen molar-refractivity contribution in [3.63, 3.8) is 0 Å². The van der Waals surface area contributed by atoms with Gasteiger partial charge in [-0.1, -0.05) is 24.4 Å². The number of carbonyl (C=O) groups is 2. The summed E-state index contributed by atoms with van der Waals surface area (Å²) < 4.78 is 0. The minimum Gasteiger partial charge on any atom is -0.480 e. The van der Waals surface area contributed by atoms with E-state index in [0.29, 0.717) is 17.2 Å². The van der Waals surface area contributed by atoms with Gasteiger partial charge in [0.2, 0.25) is 0 Å². The van der Waals surface area contributed by atoms with E-state index in [1.165, 1.54) is 16.8 Å². The molecule has 0 bridgehead atoms. The maximum absolute atomic E-state index is 12.6. The number of carbonyl (C=O) groups excluding carboxylic acids is 1. The Morgan fingerprint density at radius 2 is 2.15 bits per heavy atom. The summed E-state index contributed by atoms with van der Waals surface area (Å²) in [6.07, 6.45) is 4.62. The largest absolute Gasteiger partial charge is 0.480 e. The molecule has 108 valence electrons. The third kappa shape index (κ3) is 2.20. The molecule has 0 spiro atoms. The van der Waals surface area contributed by atoms with E-state index in [4.69, 9.17) is 11.6 Å². The van der Waals surface area contributed by atoms with E-state index < -0.39 is 12.0 Å². The number of rotatable bonds is 2. The summed E-state index contributed by atoms with van der Waals surface area (Å²) in [6, 6.07) is -0.690. The number of amides is 1. The predicted octanol–water partition coefficient (Wildman–Crippen LogP) is 2.65. The van der Waals surface area contributed by atoms with Crippen LogP contribution in [-0.4, -0.2) is 39.0 Å². The van der Waals surface area contributed by atoms with Crippen molar-refractivity contribution in [3.05, 3.63) is 15.5 Å². The third-order valence-electron chi connectivity index (χ3n) is 4.33. The summed E-state index contributed by atoms with van der Waals surface area (Å²) in [6.45, 7) is 0. The van der Waals surface area contributed by atoms with Crippen LogP contribution in [-0.2, 0) is 4.79 Å². The monoisotopic (exact) mass is 314 g/mol. The average Bonchev–Trinajstić information content (AvgIpc) is 3.01. The van der Waals surface area contributed by atoms with Crippen molar-refractivity contribution in [1.29, 1.82) is 0 Å². The summed E-state index contributed by atoms with van der Waals surface area (Å²) in [5.74, 6) is -0.895. The standard InChI is InChI=1S/C13H15ClN2O3S/c14-11-10(20-6-15-11)12(17)16-8-4-2-1-3-7(8)5-9(16)13(18)19/h6-9H,1-5H2,(H,18,19)/t7-,8+,9+/m1/s1. The second-order valence-corrected chi connectivity index (χ2v) is 6.60. The van der Waals surface area contributed by atoms with Crippen molar-refractivity contribution in [2.45, 2.75) is 44.2 Å². The Morgan fingerprint density at radius 3 is 2.80 bits per heavy atom. The number of aliphatic carboxylic acids is 1. The number of halogens is 1. The van der Waals surface area contributed by atoms with Crippen LogP contribution in [0.1, 0.15) is 41.8 Å². The number of aromatic nitrogens is 1. The molecule has 0 unspecified atom stereocenters. The van der Waals surface area contributed by atoms with Gasteiger partial charge in [0, 0.05) is 6.04 Å². The Labute approximate surface area is 125 Å². The molecule has 1 aliphatic carbocycles. The van der Waals surface area contributed by atoms with Gasteiger partial charge in [-0.2, -0.15) is 0 Å². The van der Waals surface area contributed by atoms with Gasteiger partial charge in [-0.25, -0.2) is 9.78 Å². The fourth-order valence-corrected chi connectivity index (χ4v) is 4.40. The second-order valence-electron chi connectivity index (χ2n) is 5.39. The third-order valence-corrected chi connectivity index (χ3v) is 5.54. The molecular formula is C13H15ClN2O3S. The average molecular weight is 315 g/mol. The predicted molar refractivity (Wildman–Crippen MR) is 75.1 cm³/mol. The lowest BCUT2D eigenvalue weighted by Gasteiger charge is -2.32. The number of likely N-dealkylation sites (tertiary alicyclic amines) is 1. The highest BCUT2D eigenvalue weighted by atomic mass is 35.5. The number of nitrogens with zero attached hydrogens (tertiary/aromatic N) is 2. The SMILES string of the molecule is O=C(O)[C@@H]1C[C@H]2CCCC[C@@H]2N1C(=O)c1scnc1Cl. The number of carboxylic acids is 1. The van der Waals surface area contributed by atoms with Crippen LogP contribution in [0.3, 0.4) is 0 Å². The van der Waals surface area contributed by atoms with Gasteiger partial charge in [-0.3, -0.25) is 4.79 Å². The zero-order valence-corrected chi connectivity index (χ0v) is 12.4. The van der Waals surface area contributed by atoms with Crippen LogP contribution in [0.15, 0.2) is 5.51 Å². The van der Waals surface area contributed by atoms with Crippen molar-refractivity contribution in [1.82, 2.24) is 9.88 Å². The number of hydrogen-bond acceptors (Lipinski definition) is 4. The fourth-order valence-electron chi connectivity index (χ4n) is 3.46. The lowest BCUT2D eigenvalue weighted by molar-refractivity contribution is -0.141. The summed E-state index contributed by atoms with van der Waals surface area (Å²) in [7, 11) is 0. The summed E-state index contributed by atoms with van der Waals surface area (Å²) in [5, 5.41) is 9.58. The van der Waals surface area contributed by atoms with Crippen LogP contribution >= 0.6 is 22.9 Å². The molecule has 0 radical (unpaired) electrons. The van der Waals surface area contributed by atoms with Gasteiger partial charge in [0.05, 0.1) is 5.51 Å². The Kier molecular flexibility index (Phi) is 3.69. The van der Waals surface area contributed by atoms with E-state index in [2.05, 4.69) is 4.98 Å². The van der Waals surface area contributed by atoms with Crippen molar-refractivity contribution < 1.29 is 14.7 Å². The van der Waals surface area contributed by atoms with Crippen molar-refractivity contribution >= 4 is 34.8 Å². The molecule has 3 rings (SSSR count). The van der Waals surface area contributed by atoms with E-state index in [0.717, 1.165) is 25.7 Å². The summed E-state index contributed by atoms with van der Waals surface area (Å²) in [5.41, 5.74) is 1.51. The first kappa shape index (κ1) is 13.8. The molecule has 1 aromatic heterocycles. The lowest BCUT2D eigenvalue weighted by Crippen LogP contribution is -2.46. The smallest absolute Gasteiger partial charge is 0.326 e. The van der Waals surface area contributed by atoms with Gasteiger partial charge in [-0.15, -0.1) is 11.3 Å². The van der Waals surface area contributed by atoms with Gasteiger partial charge in [0.1, 0.15) is 10.9 Å². The van der Waals surface area contributed by atoms with Crippen molar-refractivity contribution in [3.8, 4) is 0 Å². The highest BCUT2D eigenvalue weighted by molar-refractivity contribution is 7.12. The van der Waals surface area contributed by atoms with Gasteiger partial charge in [-0.05, 0) is 25.2 Å². The fraction of sp³-hybridized carbons (Fsp3) is 0.615. The molecule has 3 atom stereocenters. The van der Waals surface area contributed by atoms with Crippen LogP contribution in [0.5, 0.6) is 0 Å². The van der Waals surface area contributed by atoms with E-state index >= 15 is 0 Å². The zero-order valence-electron chi connectivity index (χ0n) is 10.8. The molecule has 0 aromatic carbocycles. The number of carboxylic acid groups (broad SMARTS) is 1. The zero-order chi connectivity index (χ0) is 14.3. The Bertz CT molecular complexity index is 547. The van der Waals surface area contributed by atoms with Crippen molar-refractivity contribution in [2.24, 2.45) is 5.92 Å². The van der Waals surface area contributed by atoms with Crippen molar-refractivity contribution in [2.75, 3.05) is 0 Å². The molecule has 20 heavy (non-hydrogen) atoms. The molecular weight excluding hydrogens is 300 g/mol. The highest BCUT2D eigenvalue weighted by Crippen LogP contribution is 2.41. The highest BCUT2D eigenvalue weighted by Gasteiger charge is 2.48. The molecule has 1 saturated carbocycles. The topological polar surface area (TPSA) is 70.5 Å². The number of hydrogen-bond donors (Lipinski definition) is 1. The Balaban J connectivity index is 1.93. The molecule has 7 heteroatoms. The van der Waals surface area contributed by atoms with E-state index in [9.17, 15) is 14.7 Å². The molecule has 2 aliphatic rings. The number of thiazole rings is 1. The van der Waals surface area contributed by atoms with Gasteiger partial charge in [0.15, 0.2) is 5.15 Å². The first-order chi connectivity index (χ1) is 9.59. The minimum absolute atomic E-state index is 0.0375. The maximum Gasteiger partial charge on any atom is 0.326 e. The van der Waals surface area contributed by atoms with Crippen LogP contribution in [0.4, 0.5) is 0 Å². The van der Waals surface area contributed by atoms with Crippen LogP contribution < -0.4 is 0 Å². The molecule has 1 saturated heterocycles. The Morgan fingerprint density at radius 1 is 1.40 bits per heavy atom. The lowest BCUT2D eigenvalue weighted by atomic mass is 9.85. The first-order valence-electron chi connectivity index (χ1n) is 6.74. The van der Waals surface area contributed by atoms with E-state index in [1.807, 2.05) is 0 Å². The van der Waals surface area contributed by atoms with Gasteiger partial charge < -0.3 is 10.0 Å². The summed E-state index contributed by atoms with van der Waals surface area (Å²) >= 11 is 7.09. The molecule has 1 amide bonds. The van der Waals surface area contributed by atoms with Crippen LogP contribution in [0.2, 0.25) is 5.15 Å². The maximum atomic E-state index is 12.6. The van der Waals surface area contributed by atoms with Gasteiger partial charge >= 0.3 is 5.97 Å². The summed E-state index contributed by atoms with van der Waals surface area (Å²) in [4.78, 5) is 29.9. The quantitative estimate of drug-likeness (QED) is 0.911. The normalized spacial score (nSPS) is 29.2. The molecule has 1 N–H and O–H groups in total. The minimum atomic E-state index is -0.923. The number of fused-ring (bicyclic) bond motifs is 1. The molecule has 5 nitrogen and oxygen atoms in total. The molecule has 2 fully saturated rings. The van der Waals surface area contributed by atoms with E-state index in [-0.39, 0.29) is 17.1 Å². The molecule has 1 aliphatic heterocycles.